The highest BCUT2D eigenvalue weighted by Gasteiger charge is 2.17. The van der Waals surface area contributed by atoms with Crippen LogP contribution in [0.4, 0.5) is 0 Å². The first-order chi connectivity index (χ1) is 17.8. The molecule has 2 heterocycles. The van der Waals surface area contributed by atoms with Crippen LogP contribution in [0.5, 0.6) is 11.5 Å². The van der Waals surface area contributed by atoms with E-state index in [0.29, 0.717) is 52.8 Å². The lowest BCUT2D eigenvalue weighted by Gasteiger charge is -2.20. The molecular formula is C30H29N3O4. The number of fused-ring (bicyclic) bond motifs is 2. The van der Waals surface area contributed by atoms with Gasteiger partial charge in [0.15, 0.2) is 17.3 Å². The second-order valence-corrected chi connectivity index (χ2v) is 9.95. The number of aromatic nitrogens is 2. The van der Waals surface area contributed by atoms with Crippen LogP contribution >= 0.6 is 0 Å². The van der Waals surface area contributed by atoms with Gasteiger partial charge in [0.2, 0.25) is 5.82 Å². The molecule has 7 heteroatoms. The Kier molecular flexibility index (Phi) is 6.53. The Morgan fingerprint density at radius 1 is 0.973 bits per heavy atom. The number of benzene rings is 3. The first-order valence-electron chi connectivity index (χ1n) is 12.3. The molecule has 188 valence electrons. The smallest absolute Gasteiger partial charge is 0.282 e. The van der Waals surface area contributed by atoms with Crippen LogP contribution in [0.15, 0.2) is 87.1 Å². The Balaban J connectivity index is 1.58. The van der Waals surface area contributed by atoms with E-state index < -0.39 is 0 Å². The van der Waals surface area contributed by atoms with E-state index in [0.717, 1.165) is 10.9 Å². The van der Waals surface area contributed by atoms with E-state index in [1.54, 1.807) is 12.3 Å². The molecule has 3 aromatic carbocycles. The van der Waals surface area contributed by atoms with Gasteiger partial charge in [-0.25, -0.2) is 4.98 Å². The fraction of sp³-hybridized carbons (Fsp3) is 0.233. The molecule has 2 aromatic heterocycles. The topological polar surface area (TPSA) is 78.9 Å². The van der Waals surface area contributed by atoms with Crippen LogP contribution in [0, 0.1) is 5.41 Å². The summed E-state index contributed by atoms with van der Waals surface area (Å²) >= 11 is 0. The number of furan rings is 1. The zero-order chi connectivity index (χ0) is 26.0. The van der Waals surface area contributed by atoms with Crippen molar-refractivity contribution in [3.8, 4) is 23.1 Å². The molecule has 0 fully saturated rings. The van der Waals surface area contributed by atoms with Crippen molar-refractivity contribution in [3.63, 3.8) is 0 Å². The van der Waals surface area contributed by atoms with Gasteiger partial charge in [-0.1, -0.05) is 51.1 Å². The van der Waals surface area contributed by atoms with Gasteiger partial charge < -0.3 is 13.9 Å². The highest BCUT2D eigenvalue weighted by atomic mass is 16.5. The molecule has 0 atom stereocenters. The third-order valence-electron chi connectivity index (χ3n) is 5.65. The third kappa shape index (κ3) is 5.26. The second kappa shape index (κ2) is 9.93. The molecule has 0 aliphatic carbocycles. The molecule has 0 bridgehead atoms. The Labute approximate surface area is 215 Å². The molecule has 0 aliphatic rings. The number of para-hydroxylation sites is 2. The van der Waals surface area contributed by atoms with Crippen molar-refractivity contribution in [2.75, 3.05) is 13.2 Å². The van der Waals surface area contributed by atoms with Crippen molar-refractivity contribution < 1.29 is 13.9 Å². The van der Waals surface area contributed by atoms with Gasteiger partial charge in [-0.3, -0.25) is 4.79 Å². The summed E-state index contributed by atoms with van der Waals surface area (Å²) in [6, 6.07) is 22.3. The molecule has 0 spiro atoms. The highest BCUT2D eigenvalue weighted by molar-refractivity contribution is 5.85. The van der Waals surface area contributed by atoms with E-state index >= 15 is 0 Å². The summed E-state index contributed by atoms with van der Waals surface area (Å²) in [4.78, 5) is 18.2. The van der Waals surface area contributed by atoms with E-state index in [2.05, 4.69) is 25.9 Å². The van der Waals surface area contributed by atoms with Crippen molar-refractivity contribution in [1.29, 1.82) is 0 Å². The molecule has 0 aliphatic heterocycles. The standard InChI is InChI=1S/C30H29N3O4/c1-5-35-26-16-20(14-15-25(26)36-19-30(2,3)4)18-31-33-28(27-17-21-10-6-9-13-24(21)37-27)32-23-12-8-7-11-22(23)29(33)34/h6-18H,5,19H2,1-4H3. The summed E-state index contributed by atoms with van der Waals surface area (Å²) in [5.41, 5.74) is 1.77. The van der Waals surface area contributed by atoms with E-state index in [4.69, 9.17) is 18.9 Å². The monoisotopic (exact) mass is 495 g/mol. The van der Waals surface area contributed by atoms with E-state index in [1.807, 2.05) is 73.7 Å². The molecule has 37 heavy (non-hydrogen) atoms. The number of rotatable bonds is 7. The first-order valence-corrected chi connectivity index (χ1v) is 12.3. The highest BCUT2D eigenvalue weighted by Crippen LogP contribution is 2.30. The summed E-state index contributed by atoms with van der Waals surface area (Å²) in [5.74, 6) is 2.08. The van der Waals surface area contributed by atoms with Crippen LogP contribution in [-0.2, 0) is 0 Å². The van der Waals surface area contributed by atoms with Crippen molar-refractivity contribution in [2.24, 2.45) is 10.5 Å². The van der Waals surface area contributed by atoms with Gasteiger partial charge in [-0.05, 0) is 60.4 Å². The van der Waals surface area contributed by atoms with Gasteiger partial charge in [-0.2, -0.15) is 9.78 Å². The average Bonchev–Trinajstić information content (AvgIpc) is 3.31. The number of nitrogens with zero attached hydrogens (tertiary/aromatic N) is 3. The summed E-state index contributed by atoms with van der Waals surface area (Å²) in [6.45, 7) is 9.32. The SMILES string of the molecule is CCOc1cc(C=Nn2c(-c3cc4ccccc4o3)nc3ccccc3c2=O)ccc1OCC(C)(C)C. The summed E-state index contributed by atoms with van der Waals surface area (Å²) in [5, 5.41) is 5.94. The van der Waals surface area contributed by atoms with Gasteiger partial charge in [0, 0.05) is 5.39 Å². The van der Waals surface area contributed by atoms with Gasteiger partial charge in [0.1, 0.15) is 5.58 Å². The van der Waals surface area contributed by atoms with E-state index in [-0.39, 0.29) is 11.0 Å². The van der Waals surface area contributed by atoms with E-state index in [9.17, 15) is 4.79 Å². The van der Waals surface area contributed by atoms with Crippen LogP contribution < -0.4 is 15.0 Å². The van der Waals surface area contributed by atoms with Crippen LogP contribution in [-0.4, -0.2) is 29.1 Å². The Hall–Kier alpha value is -4.39. The van der Waals surface area contributed by atoms with Gasteiger partial charge in [0.25, 0.3) is 5.56 Å². The average molecular weight is 496 g/mol. The van der Waals surface area contributed by atoms with Crippen LogP contribution in [0.1, 0.15) is 33.3 Å². The lowest BCUT2D eigenvalue weighted by atomic mass is 9.99. The molecule has 0 amide bonds. The second-order valence-electron chi connectivity index (χ2n) is 9.95. The molecule has 0 saturated carbocycles. The molecule has 5 rings (SSSR count). The summed E-state index contributed by atoms with van der Waals surface area (Å²) in [7, 11) is 0. The van der Waals surface area contributed by atoms with Gasteiger partial charge >= 0.3 is 0 Å². The maximum atomic E-state index is 13.5. The van der Waals surface area contributed by atoms with Crippen LogP contribution in [0.3, 0.4) is 0 Å². The molecule has 0 unspecified atom stereocenters. The Morgan fingerprint density at radius 2 is 1.76 bits per heavy atom. The van der Waals surface area contributed by atoms with Gasteiger partial charge in [-0.15, -0.1) is 0 Å². The fourth-order valence-electron chi connectivity index (χ4n) is 3.89. The predicted octanol–water partition coefficient (Wildman–Crippen LogP) is 6.52. The Morgan fingerprint density at radius 3 is 2.54 bits per heavy atom. The summed E-state index contributed by atoms with van der Waals surface area (Å²) in [6.07, 6.45) is 1.61. The van der Waals surface area contributed by atoms with Crippen molar-refractivity contribution in [1.82, 2.24) is 9.66 Å². The number of ether oxygens (including phenoxy) is 2. The minimum absolute atomic E-state index is 0.0148. The lowest BCUT2D eigenvalue weighted by molar-refractivity contribution is 0.188. The largest absolute Gasteiger partial charge is 0.490 e. The molecule has 7 nitrogen and oxygen atoms in total. The number of hydrogen-bond acceptors (Lipinski definition) is 6. The summed E-state index contributed by atoms with van der Waals surface area (Å²) < 4.78 is 19.1. The zero-order valence-electron chi connectivity index (χ0n) is 21.4. The van der Waals surface area contributed by atoms with Crippen molar-refractivity contribution >= 4 is 28.1 Å². The molecular weight excluding hydrogens is 466 g/mol. The predicted molar refractivity (Wildman–Crippen MR) is 147 cm³/mol. The normalized spacial score (nSPS) is 12.0. The van der Waals surface area contributed by atoms with Gasteiger partial charge in [0.05, 0.1) is 30.3 Å². The molecule has 0 saturated heterocycles. The molecule has 5 aromatic rings. The molecule has 0 N–H and O–H groups in total. The third-order valence-corrected chi connectivity index (χ3v) is 5.65. The quantitative estimate of drug-likeness (QED) is 0.240. The minimum Gasteiger partial charge on any atom is -0.490 e. The minimum atomic E-state index is -0.285. The Bertz CT molecular complexity index is 1620. The fourth-order valence-corrected chi connectivity index (χ4v) is 3.89. The maximum absolute atomic E-state index is 13.5. The molecule has 0 radical (unpaired) electrons. The number of hydrogen-bond donors (Lipinski definition) is 0. The van der Waals surface area contributed by atoms with E-state index in [1.165, 1.54) is 4.68 Å². The zero-order valence-corrected chi connectivity index (χ0v) is 21.4. The van der Waals surface area contributed by atoms with Crippen LogP contribution in [0.25, 0.3) is 33.5 Å². The first kappa shape index (κ1) is 24.3. The van der Waals surface area contributed by atoms with Crippen molar-refractivity contribution in [2.45, 2.75) is 27.7 Å². The van der Waals surface area contributed by atoms with Crippen molar-refractivity contribution in [3.05, 3.63) is 88.7 Å². The lowest BCUT2D eigenvalue weighted by Crippen LogP contribution is -2.20. The van der Waals surface area contributed by atoms with Crippen LogP contribution in [0.2, 0.25) is 0 Å². The maximum Gasteiger partial charge on any atom is 0.282 e.